The van der Waals surface area contributed by atoms with Crippen molar-refractivity contribution in [2.45, 2.75) is 38.2 Å². The first-order chi connectivity index (χ1) is 10.7. The van der Waals surface area contributed by atoms with Crippen molar-refractivity contribution >= 4 is 11.9 Å². The molecule has 1 aromatic carbocycles. The molecule has 0 radical (unpaired) electrons. The van der Waals surface area contributed by atoms with Gasteiger partial charge in [-0.2, -0.15) is 8.78 Å². The number of alkyl halides is 2. The molecule has 0 saturated carbocycles. The van der Waals surface area contributed by atoms with Gasteiger partial charge in [0, 0.05) is 6.54 Å². The second-order valence-corrected chi connectivity index (χ2v) is 5.64. The molecule has 1 aliphatic heterocycles. The SMILES string of the molecule is CCOc1ccccc1C(F)(F)C(=O)N1CCCC1(C)C(=O)O. The van der Waals surface area contributed by atoms with E-state index in [4.69, 9.17) is 4.74 Å². The highest BCUT2D eigenvalue weighted by molar-refractivity contribution is 5.92. The number of carboxylic acids is 1. The van der Waals surface area contributed by atoms with Gasteiger partial charge in [-0.1, -0.05) is 12.1 Å². The van der Waals surface area contributed by atoms with Crippen LogP contribution in [0.5, 0.6) is 5.75 Å². The highest BCUT2D eigenvalue weighted by atomic mass is 19.3. The Morgan fingerprint density at radius 3 is 2.65 bits per heavy atom. The lowest BCUT2D eigenvalue weighted by molar-refractivity contribution is -0.170. The Morgan fingerprint density at radius 1 is 1.39 bits per heavy atom. The van der Waals surface area contributed by atoms with Crippen LogP contribution in [-0.4, -0.2) is 40.6 Å². The predicted octanol–water partition coefficient (Wildman–Crippen LogP) is 2.64. The fourth-order valence-corrected chi connectivity index (χ4v) is 2.80. The third-order valence-corrected chi connectivity index (χ3v) is 4.14. The van der Waals surface area contributed by atoms with Crippen LogP contribution < -0.4 is 4.74 Å². The smallest absolute Gasteiger partial charge is 0.353 e. The number of rotatable bonds is 5. The molecule has 0 aromatic heterocycles. The summed E-state index contributed by atoms with van der Waals surface area (Å²) in [5, 5.41) is 9.30. The molecule has 23 heavy (non-hydrogen) atoms. The topological polar surface area (TPSA) is 66.8 Å². The van der Waals surface area contributed by atoms with Gasteiger partial charge in [0.1, 0.15) is 11.3 Å². The minimum atomic E-state index is -3.85. The molecule has 5 nitrogen and oxygen atoms in total. The average molecular weight is 327 g/mol. The lowest BCUT2D eigenvalue weighted by atomic mass is 9.97. The number of nitrogens with zero attached hydrogens (tertiary/aromatic N) is 1. The van der Waals surface area contributed by atoms with E-state index < -0.39 is 28.9 Å². The number of likely N-dealkylation sites (tertiary alicyclic amines) is 1. The number of amides is 1. The van der Waals surface area contributed by atoms with Crippen LogP contribution >= 0.6 is 0 Å². The Bertz CT molecular complexity index is 620. The fraction of sp³-hybridized carbons (Fsp3) is 0.500. The number of benzene rings is 1. The van der Waals surface area contributed by atoms with Crippen LogP contribution in [0.25, 0.3) is 0 Å². The molecule has 1 saturated heterocycles. The van der Waals surface area contributed by atoms with Crippen molar-refractivity contribution in [2.24, 2.45) is 0 Å². The number of para-hydroxylation sites is 1. The number of halogens is 2. The Labute approximate surface area is 132 Å². The van der Waals surface area contributed by atoms with Crippen LogP contribution in [0.2, 0.25) is 0 Å². The van der Waals surface area contributed by atoms with E-state index in [0.29, 0.717) is 6.42 Å². The summed E-state index contributed by atoms with van der Waals surface area (Å²) < 4.78 is 34.6. The quantitative estimate of drug-likeness (QED) is 0.903. The van der Waals surface area contributed by atoms with E-state index in [-0.39, 0.29) is 25.3 Å². The van der Waals surface area contributed by atoms with Gasteiger partial charge in [0.25, 0.3) is 5.91 Å². The third-order valence-electron chi connectivity index (χ3n) is 4.14. The number of aliphatic carboxylic acids is 1. The van der Waals surface area contributed by atoms with E-state index in [0.717, 1.165) is 11.0 Å². The van der Waals surface area contributed by atoms with Gasteiger partial charge < -0.3 is 14.7 Å². The minimum absolute atomic E-state index is 0.00593. The van der Waals surface area contributed by atoms with Gasteiger partial charge in [-0.05, 0) is 38.8 Å². The number of carbonyl (C=O) groups is 2. The van der Waals surface area contributed by atoms with Crippen molar-refractivity contribution in [3.63, 3.8) is 0 Å². The standard InChI is InChI=1S/C16H19F2NO4/c1-3-23-12-8-5-4-7-11(12)16(17,18)13(20)19-10-6-9-15(19,2)14(21)22/h4-5,7-8H,3,6,9-10H2,1-2H3,(H,21,22). The maximum absolute atomic E-state index is 14.7. The molecule has 126 valence electrons. The lowest BCUT2D eigenvalue weighted by Crippen LogP contribution is -2.54. The van der Waals surface area contributed by atoms with Gasteiger partial charge in [-0.25, -0.2) is 4.79 Å². The number of carbonyl (C=O) groups excluding carboxylic acids is 1. The summed E-state index contributed by atoms with van der Waals surface area (Å²) in [7, 11) is 0. The van der Waals surface area contributed by atoms with Crippen molar-refractivity contribution in [3.05, 3.63) is 29.8 Å². The molecule has 2 rings (SSSR count). The molecule has 7 heteroatoms. The summed E-state index contributed by atoms with van der Waals surface area (Å²) in [6.07, 6.45) is 0.523. The van der Waals surface area contributed by atoms with E-state index in [1.165, 1.54) is 25.1 Å². The first-order valence-corrected chi connectivity index (χ1v) is 7.40. The van der Waals surface area contributed by atoms with Crippen LogP contribution in [-0.2, 0) is 15.5 Å². The summed E-state index contributed by atoms with van der Waals surface area (Å²) >= 11 is 0. The molecule has 1 heterocycles. The van der Waals surface area contributed by atoms with Crippen molar-refractivity contribution < 1.29 is 28.2 Å². The van der Waals surface area contributed by atoms with E-state index in [2.05, 4.69) is 0 Å². The van der Waals surface area contributed by atoms with E-state index >= 15 is 0 Å². The van der Waals surface area contributed by atoms with Crippen molar-refractivity contribution in [1.29, 1.82) is 0 Å². The summed E-state index contributed by atoms with van der Waals surface area (Å²) in [6, 6.07) is 5.41. The monoisotopic (exact) mass is 327 g/mol. The van der Waals surface area contributed by atoms with Gasteiger partial charge in [0.15, 0.2) is 0 Å². The van der Waals surface area contributed by atoms with Crippen LogP contribution in [0, 0.1) is 0 Å². The molecule has 1 aliphatic rings. The van der Waals surface area contributed by atoms with Crippen LogP contribution in [0.4, 0.5) is 8.78 Å². The summed E-state index contributed by atoms with van der Waals surface area (Å²) in [5.74, 6) is -6.72. The van der Waals surface area contributed by atoms with Gasteiger partial charge in [0.05, 0.1) is 12.2 Å². The fourth-order valence-electron chi connectivity index (χ4n) is 2.80. The Kier molecular flexibility index (Phi) is 4.58. The normalized spacial score (nSPS) is 21.3. The van der Waals surface area contributed by atoms with Crippen LogP contribution in [0.3, 0.4) is 0 Å². The second-order valence-electron chi connectivity index (χ2n) is 5.64. The number of hydrogen-bond donors (Lipinski definition) is 1. The Balaban J connectivity index is 2.40. The lowest BCUT2D eigenvalue weighted by Gasteiger charge is -2.34. The second kappa shape index (κ2) is 6.14. The highest BCUT2D eigenvalue weighted by Crippen LogP contribution is 2.40. The number of carboxylic acid groups (broad SMARTS) is 1. The van der Waals surface area contributed by atoms with Crippen LogP contribution in [0.15, 0.2) is 24.3 Å². The van der Waals surface area contributed by atoms with E-state index in [9.17, 15) is 23.5 Å². The largest absolute Gasteiger partial charge is 0.493 e. The van der Waals surface area contributed by atoms with Crippen molar-refractivity contribution in [3.8, 4) is 5.75 Å². The molecule has 1 fully saturated rings. The molecule has 1 N–H and O–H groups in total. The molecular formula is C16H19F2NO4. The van der Waals surface area contributed by atoms with Gasteiger partial charge in [-0.15, -0.1) is 0 Å². The Morgan fingerprint density at radius 2 is 2.04 bits per heavy atom. The van der Waals surface area contributed by atoms with Crippen molar-refractivity contribution in [2.75, 3.05) is 13.2 Å². The average Bonchev–Trinajstić information content (AvgIpc) is 2.90. The highest BCUT2D eigenvalue weighted by Gasteiger charge is 2.54. The zero-order valence-corrected chi connectivity index (χ0v) is 13.0. The van der Waals surface area contributed by atoms with Crippen LogP contribution in [0.1, 0.15) is 32.3 Å². The summed E-state index contributed by atoms with van der Waals surface area (Å²) in [5.41, 5.74) is -2.16. The third kappa shape index (κ3) is 2.87. The van der Waals surface area contributed by atoms with Gasteiger partial charge in [0.2, 0.25) is 0 Å². The molecule has 1 unspecified atom stereocenters. The maximum Gasteiger partial charge on any atom is 0.353 e. The summed E-state index contributed by atoms with van der Waals surface area (Å²) in [4.78, 5) is 24.6. The first-order valence-electron chi connectivity index (χ1n) is 7.40. The van der Waals surface area contributed by atoms with E-state index in [1.54, 1.807) is 6.92 Å². The zero-order valence-electron chi connectivity index (χ0n) is 13.0. The molecule has 1 amide bonds. The summed E-state index contributed by atoms with van der Waals surface area (Å²) in [6.45, 7) is 3.12. The molecule has 0 spiro atoms. The molecule has 1 aromatic rings. The number of ether oxygens (including phenoxy) is 1. The first kappa shape index (κ1) is 17.2. The van der Waals surface area contributed by atoms with Gasteiger partial charge in [-0.3, -0.25) is 4.79 Å². The zero-order chi connectivity index (χ0) is 17.3. The number of hydrogen-bond acceptors (Lipinski definition) is 3. The maximum atomic E-state index is 14.7. The van der Waals surface area contributed by atoms with E-state index in [1.807, 2.05) is 0 Å². The molecule has 0 bridgehead atoms. The minimum Gasteiger partial charge on any atom is -0.493 e. The van der Waals surface area contributed by atoms with Crippen molar-refractivity contribution in [1.82, 2.24) is 4.90 Å². The molecule has 1 atom stereocenters. The Hall–Kier alpha value is -2.18. The molecule has 0 aliphatic carbocycles. The molecular weight excluding hydrogens is 308 g/mol. The predicted molar refractivity (Wildman–Crippen MR) is 78.5 cm³/mol. The van der Waals surface area contributed by atoms with Gasteiger partial charge >= 0.3 is 11.9 Å².